The number of sulfonamides is 1. The quantitative estimate of drug-likeness (QED) is 0.838. The Kier molecular flexibility index (Phi) is 4.71. The molecule has 0 saturated carbocycles. The molecule has 2 aromatic carbocycles. The van der Waals surface area contributed by atoms with Gasteiger partial charge in [0.2, 0.25) is 0 Å². The first kappa shape index (κ1) is 17.1. The second-order valence-electron chi connectivity index (χ2n) is 5.54. The normalized spacial score (nSPS) is 15.6. The molecule has 0 unspecified atom stereocenters. The van der Waals surface area contributed by atoms with Crippen LogP contribution in [-0.4, -0.2) is 32.7 Å². The lowest BCUT2D eigenvalue weighted by Crippen LogP contribution is -2.33. The molecule has 0 amide bonds. The van der Waals surface area contributed by atoms with Gasteiger partial charge in [-0.2, -0.15) is 8.42 Å². The maximum absolute atomic E-state index is 13.8. The van der Waals surface area contributed by atoms with E-state index in [9.17, 15) is 12.8 Å². The van der Waals surface area contributed by atoms with Gasteiger partial charge in [-0.05, 0) is 37.4 Å². The number of amidine groups is 1. The fourth-order valence-electron chi connectivity index (χ4n) is 2.50. The number of fused-ring (bicyclic) bond motifs is 1. The lowest BCUT2D eigenvalue weighted by atomic mass is 10.2. The van der Waals surface area contributed by atoms with Crippen molar-refractivity contribution in [1.29, 1.82) is 0 Å². The van der Waals surface area contributed by atoms with Gasteiger partial charge in [-0.1, -0.05) is 28.1 Å². The second-order valence-corrected chi connectivity index (χ2v) is 8.03. The highest BCUT2D eigenvalue weighted by Gasteiger charge is 2.24. The number of benzene rings is 2. The number of hydrogen-bond donors (Lipinski definition) is 1. The van der Waals surface area contributed by atoms with E-state index >= 15 is 0 Å². The van der Waals surface area contributed by atoms with Crippen LogP contribution in [0.3, 0.4) is 0 Å². The molecule has 0 saturated heterocycles. The van der Waals surface area contributed by atoms with Crippen molar-refractivity contribution in [2.75, 3.05) is 18.9 Å². The topological polar surface area (TPSA) is 61.8 Å². The van der Waals surface area contributed by atoms with Gasteiger partial charge >= 0.3 is 0 Å². The fourth-order valence-corrected chi connectivity index (χ4v) is 4.05. The van der Waals surface area contributed by atoms with Crippen molar-refractivity contribution in [1.82, 2.24) is 4.90 Å². The minimum absolute atomic E-state index is 0.162. The molecular formula is C16H15BrFN3O2S. The third-order valence-corrected chi connectivity index (χ3v) is 5.41. The van der Waals surface area contributed by atoms with Crippen molar-refractivity contribution in [2.45, 2.75) is 11.4 Å². The van der Waals surface area contributed by atoms with E-state index in [0.29, 0.717) is 23.6 Å². The summed E-state index contributed by atoms with van der Waals surface area (Å²) in [5, 5.41) is 3.02. The van der Waals surface area contributed by atoms with E-state index in [0.717, 1.165) is 4.47 Å². The Bertz CT molecular complexity index is 915. The average Bonchev–Trinajstić information content (AvgIpc) is 2.50. The van der Waals surface area contributed by atoms with E-state index < -0.39 is 10.0 Å². The largest absolute Gasteiger partial charge is 0.341 e. The van der Waals surface area contributed by atoms with Crippen LogP contribution in [0.5, 0.6) is 0 Å². The molecule has 0 atom stereocenters. The first-order chi connectivity index (χ1) is 11.3. The maximum atomic E-state index is 13.8. The highest BCUT2D eigenvalue weighted by Crippen LogP contribution is 2.26. The Morgan fingerprint density at radius 2 is 1.96 bits per heavy atom. The first-order valence-electron chi connectivity index (χ1n) is 7.17. The average molecular weight is 412 g/mol. The number of likely N-dealkylation sites (N-methyl/N-ethyl adjacent to an activating group) is 1. The minimum atomic E-state index is -3.71. The second kappa shape index (κ2) is 6.62. The molecule has 24 heavy (non-hydrogen) atoms. The van der Waals surface area contributed by atoms with Crippen LogP contribution in [-0.2, 0) is 16.6 Å². The lowest BCUT2D eigenvalue weighted by Gasteiger charge is -2.22. The van der Waals surface area contributed by atoms with Crippen LogP contribution in [0.25, 0.3) is 0 Å². The molecule has 1 N–H and O–H groups in total. The van der Waals surface area contributed by atoms with E-state index in [1.807, 2.05) is 0 Å². The lowest BCUT2D eigenvalue weighted by molar-refractivity contribution is 0.365. The van der Waals surface area contributed by atoms with Crippen molar-refractivity contribution >= 4 is 37.5 Å². The smallest absolute Gasteiger partial charge is 0.286 e. The highest BCUT2D eigenvalue weighted by atomic mass is 79.9. The summed E-state index contributed by atoms with van der Waals surface area (Å²) in [6, 6.07) is 11.3. The summed E-state index contributed by atoms with van der Waals surface area (Å²) in [5.41, 5.74) is 1.02. The zero-order valence-electron chi connectivity index (χ0n) is 12.8. The standard InChI is InChI=1S/C16H15BrFN3O2S/c1-21(9-11-8-12(17)6-7-13(11)18)10-16-19-14-4-2-3-5-15(14)24(22,23)20-16/h2-8H,9-10H2,1H3,(H,19,20). The summed E-state index contributed by atoms with van der Waals surface area (Å²) in [5.74, 6) is 0.00756. The van der Waals surface area contributed by atoms with E-state index in [2.05, 4.69) is 25.6 Å². The van der Waals surface area contributed by atoms with Crippen LogP contribution >= 0.6 is 15.9 Å². The van der Waals surface area contributed by atoms with Crippen molar-refractivity contribution in [3.8, 4) is 0 Å². The monoisotopic (exact) mass is 411 g/mol. The molecule has 1 aliphatic rings. The molecule has 0 aromatic heterocycles. The van der Waals surface area contributed by atoms with Crippen molar-refractivity contribution in [3.63, 3.8) is 0 Å². The molecule has 2 aromatic rings. The third-order valence-electron chi connectivity index (χ3n) is 3.54. The molecular weight excluding hydrogens is 397 g/mol. The summed E-state index contributed by atoms with van der Waals surface area (Å²) in [4.78, 5) is 1.95. The van der Waals surface area contributed by atoms with Gasteiger partial charge in [-0.15, -0.1) is 4.40 Å². The summed E-state index contributed by atoms with van der Waals surface area (Å²) < 4.78 is 42.9. The summed E-state index contributed by atoms with van der Waals surface area (Å²) in [6.45, 7) is 0.577. The number of nitrogens with one attached hydrogen (secondary N) is 1. The molecule has 0 spiro atoms. The molecule has 126 valence electrons. The molecule has 1 heterocycles. The Balaban J connectivity index is 1.77. The Morgan fingerprint density at radius 3 is 2.75 bits per heavy atom. The van der Waals surface area contributed by atoms with E-state index in [1.165, 1.54) is 12.1 Å². The van der Waals surface area contributed by atoms with Gasteiger partial charge in [0.05, 0.1) is 12.2 Å². The molecule has 1 aliphatic heterocycles. The van der Waals surface area contributed by atoms with Crippen molar-refractivity contribution < 1.29 is 12.8 Å². The molecule has 0 bridgehead atoms. The van der Waals surface area contributed by atoms with Crippen LogP contribution in [0.2, 0.25) is 0 Å². The minimum Gasteiger partial charge on any atom is -0.341 e. The Labute approximate surface area is 148 Å². The van der Waals surface area contributed by atoms with Crippen LogP contribution in [0.4, 0.5) is 10.1 Å². The third kappa shape index (κ3) is 3.66. The number of nitrogens with zero attached hydrogens (tertiary/aromatic N) is 2. The Hall–Kier alpha value is -1.77. The zero-order valence-corrected chi connectivity index (χ0v) is 15.2. The van der Waals surface area contributed by atoms with Crippen molar-refractivity contribution in [2.24, 2.45) is 4.40 Å². The molecule has 0 fully saturated rings. The summed E-state index contributed by atoms with van der Waals surface area (Å²) in [7, 11) is -1.93. The van der Waals surface area contributed by atoms with E-state index in [-0.39, 0.29) is 17.3 Å². The molecule has 0 radical (unpaired) electrons. The van der Waals surface area contributed by atoms with Crippen LogP contribution < -0.4 is 5.32 Å². The maximum Gasteiger partial charge on any atom is 0.286 e. The number of halogens is 2. The number of anilines is 1. The van der Waals surface area contributed by atoms with E-state index in [1.54, 1.807) is 42.3 Å². The zero-order chi connectivity index (χ0) is 17.3. The summed E-state index contributed by atoms with van der Waals surface area (Å²) >= 11 is 3.32. The van der Waals surface area contributed by atoms with Gasteiger partial charge in [-0.25, -0.2) is 4.39 Å². The van der Waals surface area contributed by atoms with Crippen LogP contribution in [0, 0.1) is 5.82 Å². The SMILES string of the molecule is CN(CC1=NS(=O)(=O)c2ccccc2N1)Cc1cc(Br)ccc1F. The van der Waals surface area contributed by atoms with Crippen LogP contribution in [0.15, 0.2) is 56.2 Å². The Morgan fingerprint density at radius 1 is 1.21 bits per heavy atom. The van der Waals surface area contributed by atoms with Crippen LogP contribution in [0.1, 0.15) is 5.56 Å². The van der Waals surface area contributed by atoms with Gasteiger partial charge in [0.25, 0.3) is 10.0 Å². The molecule has 3 rings (SSSR count). The predicted octanol–water partition coefficient (Wildman–Crippen LogP) is 3.23. The highest BCUT2D eigenvalue weighted by molar-refractivity contribution is 9.10. The van der Waals surface area contributed by atoms with Gasteiger partial charge in [0.15, 0.2) is 0 Å². The van der Waals surface area contributed by atoms with E-state index in [4.69, 9.17) is 0 Å². The van der Waals surface area contributed by atoms with Crippen molar-refractivity contribution in [3.05, 3.63) is 58.3 Å². The van der Waals surface area contributed by atoms with Gasteiger partial charge in [-0.3, -0.25) is 4.90 Å². The predicted molar refractivity (Wildman–Crippen MR) is 95.1 cm³/mol. The number of hydrogen-bond acceptors (Lipinski definition) is 4. The summed E-state index contributed by atoms with van der Waals surface area (Å²) in [6.07, 6.45) is 0. The fraction of sp³-hybridized carbons (Fsp3) is 0.188. The number of para-hydroxylation sites is 1. The van der Waals surface area contributed by atoms with Gasteiger partial charge in [0, 0.05) is 16.6 Å². The first-order valence-corrected chi connectivity index (χ1v) is 9.41. The molecule has 0 aliphatic carbocycles. The molecule has 5 nitrogen and oxygen atoms in total. The number of rotatable bonds is 4. The van der Waals surface area contributed by atoms with Gasteiger partial charge < -0.3 is 5.32 Å². The van der Waals surface area contributed by atoms with Gasteiger partial charge in [0.1, 0.15) is 16.5 Å². The molecule has 8 heteroatoms.